The molecule has 1 amide bonds. The quantitative estimate of drug-likeness (QED) is 0.872. The number of ether oxygens (including phenoxy) is 1. The minimum Gasteiger partial charge on any atom is -0.497 e. The van der Waals surface area contributed by atoms with Gasteiger partial charge in [-0.3, -0.25) is 9.48 Å². The molecule has 6 heteroatoms. The molecule has 1 aromatic carbocycles. The second-order valence-electron chi connectivity index (χ2n) is 5.76. The van der Waals surface area contributed by atoms with E-state index in [4.69, 9.17) is 4.74 Å². The van der Waals surface area contributed by atoms with Crippen molar-refractivity contribution in [3.8, 4) is 5.75 Å². The summed E-state index contributed by atoms with van der Waals surface area (Å²) in [6.07, 6.45) is 5.07. The Bertz CT molecular complexity index is 631. The van der Waals surface area contributed by atoms with E-state index >= 15 is 0 Å². The van der Waals surface area contributed by atoms with Crippen LogP contribution in [0.25, 0.3) is 0 Å². The first-order valence-corrected chi connectivity index (χ1v) is 7.87. The van der Waals surface area contributed by atoms with Crippen molar-refractivity contribution >= 4 is 5.91 Å². The molecule has 2 N–H and O–H groups in total. The Kier molecular flexibility index (Phi) is 4.62. The first-order valence-electron chi connectivity index (χ1n) is 7.87. The fourth-order valence-electron chi connectivity index (χ4n) is 3.01. The summed E-state index contributed by atoms with van der Waals surface area (Å²) < 4.78 is 6.95. The van der Waals surface area contributed by atoms with E-state index in [1.165, 1.54) is 0 Å². The predicted molar refractivity (Wildman–Crippen MR) is 87.1 cm³/mol. The zero-order valence-electron chi connectivity index (χ0n) is 13.3. The molecule has 1 aliphatic rings. The number of hydrogen-bond acceptors (Lipinski definition) is 4. The van der Waals surface area contributed by atoms with Gasteiger partial charge in [-0.25, -0.2) is 0 Å². The van der Waals surface area contributed by atoms with Crippen LogP contribution in [0.5, 0.6) is 5.75 Å². The van der Waals surface area contributed by atoms with Gasteiger partial charge in [0.15, 0.2) is 0 Å². The number of methoxy groups -OCH3 is 1. The van der Waals surface area contributed by atoms with Crippen LogP contribution < -0.4 is 15.4 Å². The largest absolute Gasteiger partial charge is 0.497 e. The molecule has 1 aromatic heterocycles. The highest BCUT2D eigenvalue weighted by molar-refractivity contribution is 5.84. The molecule has 6 nitrogen and oxygen atoms in total. The van der Waals surface area contributed by atoms with Gasteiger partial charge in [-0.1, -0.05) is 12.1 Å². The molecule has 2 aromatic rings. The predicted octanol–water partition coefficient (Wildman–Crippen LogP) is 1.29. The van der Waals surface area contributed by atoms with Crippen molar-refractivity contribution in [2.24, 2.45) is 0 Å². The summed E-state index contributed by atoms with van der Waals surface area (Å²) >= 11 is 0. The molecule has 1 aliphatic heterocycles. The van der Waals surface area contributed by atoms with Crippen LogP contribution in [0, 0.1) is 0 Å². The number of nitrogens with zero attached hydrogens (tertiary/aromatic N) is 2. The molecule has 0 unspecified atom stereocenters. The third-order valence-corrected chi connectivity index (χ3v) is 4.41. The Morgan fingerprint density at radius 1 is 1.35 bits per heavy atom. The Labute approximate surface area is 135 Å². The molecule has 0 saturated carbocycles. The fourth-order valence-corrected chi connectivity index (χ4v) is 3.01. The lowest BCUT2D eigenvalue weighted by atomic mass is 9.87. The molecule has 122 valence electrons. The monoisotopic (exact) mass is 314 g/mol. The summed E-state index contributed by atoms with van der Waals surface area (Å²) in [7, 11) is 1.64. The molecule has 0 aliphatic carbocycles. The first-order chi connectivity index (χ1) is 11.2. The van der Waals surface area contributed by atoms with Crippen LogP contribution >= 0.6 is 0 Å². The van der Waals surface area contributed by atoms with Crippen molar-refractivity contribution in [1.82, 2.24) is 20.4 Å². The highest BCUT2D eigenvalue weighted by atomic mass is 16.5. The Morgan fingerprint density at radius 3 is 2.70 bits per heavy atom. The van der Waals surface area contributed by atoms with Gasteiger partial charge in [-0.2, -0.15) is 5.10 Å². The van der Waals surface area contributed by atoms with Gasteiger partial charge in [0.2, 0.25) is 5.91 Å². The van der Waals surface area contributed by atoms with Gasteiger partial charge in [0.1, 0.15) is 11.3 Å². The number of amides is 1. The molecule has 0 bridgehead atoms. The fraction of sp³-hybridized carbons (Fsp3) is 0.412. The lowest BCUT2D eigenvalue weighted by molar-refractivity contribution is -0.132. The number of carbonyl (C=O) groups is 1. The number of aromatic nitrogens is 2. The summed E-state index contributed by atoms with van der Waals surface area (Å²) in [4.78, 5) is 12.9. The van der Waals surface area contributed by atoms with E-state index in [9.17, 15) is 4.79 Å². The minimum absolute atomic E-state index is 0.0264. The molecule has 1 saturated heterocycles. The maximum atomic E-state index is 12.9. The number of piperidine rings is 1. The Hall–Kier alpha value is -2.34. The van der Waals surface area contributed by atoms with Crippen molar-refractivity contribution in [1.29, 1.82) is 0 Å². The van der Waals surface area contributed by atoms with E-state index < -0.39 is 5.54 Å². The van der Waals surface area contributed by atoms with Crippen LogP contribution in [0.3, 0.4) is 0 Å². The number of benzene rings is 1. The minimum atomic E-state index is -0.596. The Balaban J connectivity index is 1.71. The second kappa shape index (κ2) is 6.83. The summed E-state index contributed by atoms with van der Waals surface area (Å²) in [5.41, 5.74) is 0.449. The zero-order valence-corrected chi connectivity index (χ0v) is 13.3. The summed E-state index contributed by atoms with van der Waals surface area (Å²) in [6, 6.07) is 9.58. The van der Waals surface area contributed by atoms with Gasteiger partial charge in [-0.15, -0.1) is 0 Å². The molecule has 0 atom stereocenters. The lowest BCUT2D eigenvalue weighted by Gasteiger charge is -2.36. The smallest absolute Gasteiger partial charge is 0.248 e. The molecule has 2 heterocycles. The number of hydrogen-bond donors (Lipinski definition) is 2. The van der Waals surface area contributed by atoms with Crippen molar-refractivity contribution in [3.05, 3.63) is 48.3 Å². The SMILES string of the molecule is COc1ccc(CNC(=O)C2(n3cccn3)CCNCC2)cc1. The van der Waals surface area contributed by atoms with Crippen LogP contribution in [0.1, 0.15) is 18.4 Å². The van der Waals surface area contributed by atoms with Crippen molar-refractivity contribution < 1.29 is 9.53 Å². The van der Waals surface area contributed by atoms with Crippen molar-refractivity contribution in [2.45, 2.75) is 24.9 Å². The van der Waals surface area contributed by atoms with Crippen LogP contribution in [0.2, 0.25) is 0 Å². The molecular formula is C17H22N4O2. The standard InChI is InChI=1S/C17H22N4O2/c1-23-15-5-3-14(4-6-15)13-19-16(22)17(7-10-18-11-8-17)21-12-2-9-20-21/h2-6,9,12,18H,7-8,10-11,13H2,1H3,(H,19,22). The van der Waals surface area contributed by atoms with Crippen LogP contribution in [-0.4, -0.2) is 35.9 Å². The first kappa shape index (κ1) is 15.6. The maximum absolute atomic E-state index is 12.9. The zero-order chi connectivity index (χ0) is 16.1. The number of rotatable bonds is 5. The maximum Gasteiger partial charge on any atom is 0.248 e. The third-order valence-electron chi connectivity index (χ3n) is 4.41. The van der Waals surface area contributed by atoms with Crippen molar-refractivity contribution in [3.63, 3.8) is 0 Å². The van der Waals surface area contributed by atoms with Crippen molar-refractivity contribution in [2.75, 3.05) is 20.2 Å². The van der Waals surface area contributed by atoms with Gasteiger partial charge in [0, 0.05) is 18.9 Å². The number of nitrogens with one attached hydrogen (secondary N) is 2. The molecule has 0 spiro atoms. The third kappa shape index (κ3) is 3.22. The second-order valence-corrected chi connectivity index (χ2v) is 5.76. The summed E-state index contributed by atoms with van der Waals surface area (Å²) in [6.45, 7) is 2.13. The van der Waals surface area contributed by atoms with E-state index in [1.807, 2.05) is 36.5 Å². The average Bonchev–Trinajstić information content (AvgIpc) is 3.16. The topological polar surface area (TPSA) is 68.2 Å². The van der Waals surface area contributed by atoms with Gasteiger partial charge in [-0.05, 0) is 49.7 Å². The van der Waals surface area contributed by atoms with Gasteiger partial charge < -0.3 is 15.4 Å². The lowest BCUT2D eigenvalue weighted by Crippen LogP contribution is -2.54. The number of carbonyl (C=O) groups excluding carboxylic acids is 1. The van der Waals surface area contributed by atoms with Gasteiger partial charge >= 0.3 is 0 Å². The van der Waals surface area contributed by atoms with E-state index in [0.717, 1.165) is 37.2 Å². The normalized spacial score (nSPS) is 16.7. The summed E-state index contributed by atoms with van der Waals surface area (Å²) in [5.74, 6) is 0.838. The molecule has 1 fully saturated rings. The van der Waals surface area contributed by atoms with E-state index in [2.05, 4.69) is 15.7 Å². The van der Waals surface area contributed by atoms with E-state index in [-0.39, 0.29) is 5.91 Å². The molecule has 3 rings (SSSR count). The van der Waals surface area contributed by atoms with Crippen LogP contribution in [-0.2, 0) is 16.9 Å². The average molecular weight is 314 g/mol. The molecule has 0 radical (unpaired) electrons. The van der Waals surface area contributed by atoms with E-state index in [1.54, 1.807) is 18.0 Å². The highest BCUT2D eigenvalue weighted by Crippen LogP contribution is 2.27. The van der Waals surface area contributed by atoms with E-state index in [0.29, 0.717) is 6.54 Å². The van der Waals surface area contributed by atoms with Crippen LogP contribution in [0.15, 0.2) is 42.7 Å². The summed E-state index contributed by atoms with van der Waals surface area (Å²) in [5, 5.41) is 10.7. The van der Waals surface area contributed by atoms with Gasteiger partial charge in [0.05, 0.1) is 7.11 Å². The Morgan fingerprint density at radius 2 is 2.09 bits per heavy atom. The van der Waals surface area contributed by atoms with Crippen LogP contribution in [0.4, 0.5) is 0 Å². The molecule has 23 heavy (non-hydrogen) atoms. The highest BCUT2D eigenvalue weighted by Gasteiger charge is 2.41. The van der Waals surface area contributed by atoms with Gasteiger partial charge in [0.25, 0.3) is 0 Å². The molecular weight excluding hydrogens is 292 g/mol.